The molecule has 0 radical (unpaired) electrons. The normalized spacial score (nSPS) is 15.1. The molecule has 2 aromatic rings. The number of para-hydroxylation sites is 1. The molecular formula is C23H29N3O3. The Morgan fingerprint density at radius 1 is 1.10 bits per heavy atom. The summed E-state index contributed by atoms with van der Waals surface area (Å²) in [5.41, 5.74) is 1.65. The zero-order chi connectivity index (χ0) is 20.5. The Hall–Kier alpha value is -3.02. The highest BCUT2D eigenvalue weighted by Gasteiger charge is 2.22. The minimum atomic E-state index is -0.289. The van der Waals surface area contributed by atoms with E-state index in [9.17, 15) is 4.79 Å². The van der Waals surface area contributed by atoms with Crippen LogP contribution in [-0.4, -0.2) is 49.7 Å². The van der Waals surface area contributed by atoms with Crippen molar-refractivity contribution in [3.8, 4) is 5.75 Å². The molecule has 0 saturated carbocycles. The van der Waals surface area contributed by atoms with Crippen molar-refractivity contribution >= 4 is 11.9 Å². The minimum Gasteiger partial charge on any atom is -0.490 e. The molecule has 2 aromatic carbocycles. The molecule has 29 heavy (non-hydrogen) atoms. The van der Waals surface area contributed by atoms with Crippen LogP contribution in [0.5, 0.6) is 5.75 Å². The van der Waals surface area contributed by atoms with Gasteiger partial charge in [0.25, 0.3) is 0 Å². The van der Waals surface area contributed by atoms with Crippen LogP contribution in [0.25, 0.3) is 0 Å². The molecule has 0 amide bonds. The molecule has 1 N–H and O–H groups in total. The van der Waals surface area contributed by atoms with Crippen LogP contribution in [0.2, 0.25) is 0 Å². The van der Waals surface area contributed by atoms with Gasteiger partial charge in [0.15, 0.2) is 5.96 Å². The second-order valence-corrected chi connectivity index (χ2v) is 6.94. The van der Waals surface area contributed by atoms with Crippen molar-refractivity contribution in [2.45, 2.75) is 32.4 Å². The Bertz CT molecular complexity index is 798. The van der Waals surface area contributed by atoms with E-state index in [0.717, 1.165) is 43.2 Å². The number of carbonyl (C=O) groups is 1. The van der Waals surface area contributed by atoms with Crippen LogP contribution in [0.4, 0.5) is 0 Å². The van der Waals surface area contributed by atoms with Gasteiger partial charge in [-0.25, -0.2) is 4.79 Å². The fraction of sp³-hybridized carbons (Fsp3) is 0.391. The Morgan fingerprint density at radius 2 is 1.79 bits per heavy atom. The maximum absolute atomic E-state index is 11.7. The fourth-order valence-corrected chi connectivity index (χ4v) is 3.36. The summed E-state index contributed by atoms with van der Waals surface area (Å²) in [5.74, 6) is 1.53. The summed E-state index contributed by atoms with van der Waals surface area (Å²) in [4.78, 5) is 18.4. The summed E-state index contributed by atoms with van der Waals surface area (Å²) >= 11 is 0. The van der Waals surface area contributed by atoms with E-state index >= 15 is 0 Å². The average Bonchev–Trinajstić information content (AvgIpc) is 2.76. The first-order valence-corrected chi connectivity index (χ1v) is 10.1. The number of hydrogen-bond acceptors (Lipinski definition) is 4. The van der Waals surface area contributed by atoms with Gasteiger partial charge >= 0.3 is 5.97 Å². The first-order valence-electron chi connectivity index (χ1n) is 10.1. The molecule has 6 heteroatoms. The van der Waals surface area contributed by atoms with Crippen LogP contribution in [0.15, 0.2) is 59.6 Å². The molecule has 1 heterocycles. The SMILES string of the molecule is CCOC(=O)c1ccc(CNC(=NC)N2CCC(Oc3ccccc3)CC2)cc1. The summed E-state index contributed by atoms with van der Waals surface area (Å²) in [6.07, 6.45) is 2.16. The number of nitrogens with one attached hydrogen (secondary N) is 1. The highest BCUT2D eigenvalue weighted by molar-refractivity contribution is 5.89. The van der Waals surface area contributed by atoms with E-state index < -0.39 is 0 Å². The van der Waals surface area contributed by atoms with Crippen molar-refractivity contribution < 1.29 is 14.3 Å². The van der Waals surface area contributed by atoms with E-state index in [4.69, 9.17) is 9.47 Å². The van der Waals surface area contributed by atoms with Crippen LogP contribution in [0, 0.1) is 0 Å². The van der Waals surface area contributed by atoms with E-state index in [-0.39, 0.29) is 12.1 Å². The second-order valence-electron chi connectivity index (χ2n) is 6.94. The number of hydrogen-bond donors (Lipinski definition) is 1. The predicted molar refractivity (Wildman–Crippen MR) is 114 cm³/mol. The van der Waals surface area contributed by atoms with Gasteiger partial charge in [-0.05, 0) is 36.8 Å². The number of ether oxygens (including phenoxy) is 2. The summed E-state index contributed by atoms with van der Waals surface area (Å²) < 4.78 is 11.1. The van der Waals surface area contributed by atoms with Gasteiger partial charge in [-0.1, -0.05) is 30.3 Å². The number of rotatable bonds is 6. The number of esters is 1. The quantitative estimate of drug-likeness (QED) is 0.461. The lowest BCUT2D eigenvalue weighted by molar-refractivity contribution is 0.0526. The topological polar surface area (TPSA) is 63.2 Å². The molecule has 0 spiro atoms. The van der Waals surface area contributed by atoms with Crippen molar-refractivity contribution in [2.24, 2.45) is 4.99 Å². The van der Waals surface area contributed by atoms with Gasteiger partial charge in [-0.2, -0.15) is 0 Å². The van der Waals surface area contributed by atoms with E-state index in [1.54, 1.807) is 26.1 Å². The highest BCUT2D eigenvalue weighted by atomic mass is 16.5. The van der Waals surface area contributed by atoms with E-state index in [1.807, 2.05) is 42.5 Å². The molecule has 0 bridgehead atoms. The van der Waals surface area contributed by atoms with Gasteiger partial charge in [0.05, 0.1) is 12.2 Å². The lowest BCUT2D eigenvalue weighted by Crippen LogP contribution is -2.47. The Kier molecular flexibility index (Phi) is 7.50. The van der Waals surface area contributed by atoms with E-state index in [0.29, 0.717) is 18.7 Å². The first-order chi connectivity index (χ1) is 14.2. The van der Waals surface area contributed by atoms with Gasteiger partial charge in [-0.3, -0.25) is 4.99 Å². The van der Waals surface area contributed by atoms with Gasteiger partial charge in [0.1, 0.15) is 11.9 Å². The number of carbonyl (C=O) groups excluding carboxylic acids is 1. The fourth-order valence-electron chi connectivity index (χ4n) is 3.36. The molecule has 0 atom stereocenters. The summed E-state index contributed by atoms with van der Waals surface area (Å²) in [7, 11) is 1.80. The lowest BCUT2D eigenvalue weighted by atomic mass is 10.1. The lowest BCUT2D eigenvalue weighted by Gasteiger charge is -2.34. The second kappa shape index (κ2) is 10.5. The number of likely N-dealkylation sites (tertiary alicyclic amines) is 1. The maximum atomic E-state index is 11.7. The van der Waals surface area contributed by atoms with Crippen molar-refractivity contribution in [3.05, 3.63) is 65.7 Å². The van der Waals surface area contributed by atoms with Crippen LogP contribution in [0.3, 0.4) is 0 Å². The van der Waals surface area contributed by atoms with Gasteiger partial charge in [-0.15, -0.1) is 0 Å². The molecule has 0 aliphatic carbocycles. The van der Waals surface area contributed by atoms with E-state index in [1.165, 1.54) is 0 Å². The number of aliphatic imine (C=N–C) groups is 1. The number of benzene rings is 2. The minimum absolute atomic E-state index is 0.238. The monoisotopic (exact) mass is 395 g/mol. The van der Waals surface area contributed by atoms with Crippen LogP contribution in [-0.2, 0) is 11.3 Å². The van der Waals surface area contributed by atoms with E-state index in [2.05, 4.69) is 15.2 Å². The average molecular weight is 396 g/mol. The Labute approximate surface area is 172 Å². The van der Waals surface area contributed by atoms with Crippen LogP contribution >= 0.6 is 0 Å². The summed E-state index contributed by atoms with van der Waals surface area (Å²) in [6, 6.07) is 17.5. The van der Waals surface area contributed by atoms with Crippen LogP contribution < -0.4 is 10.1 Å². The first kappa shape index (κ1) is 20.7. The molecule has 1 aliphatic heterocycles. The zero-order valence-corrected chi connectivity index (χ0v) is 17.1. The zero-order valence-electron chi connectivity index (χ0n) is 17.1. The summed E-state index contributed by atoms with van der Waals surface area (Å²) in [5, 5.41) is 3.41. The Morgan fingerprint density at radius 3 is 2.41 bits per heavy atom. The third-order valence-electron chi connectivity index (χ3n) is 4.91. The number of piperidine rings is 1. The summed E-state index contributed by atoms with van der Waals surface area (Å²) in [6.45, 7) is 4.64. The third kappa shape index (κ3) is 5.98. The van der Waals surface area contributed by atoms with Gasteiger partial charge < -0.3 is 19.7 Å². The van der Waals surface area contributed by atoms with Gasteiger partial charge in [0.2, 0.25) is 0 Å². The van der Waals surface area contributed by atoms with Crippen molar-refractivity contribution in [3.63, 3.8) is 0 Å². The van der Waals surface area contributed by atoms with Crippen molar-refractivity contribution in [1.82, 2.24) is 10.2 Å². The molecular weight excluding hydrogens is 366 g/mol. The number of nitrogens with zero attached hydrogens (tertiary/aromatic N) is 2. The standard InChI is InChI=1S/C23H29N3O3/c1-3-28-22(27)19-11-9-18(10-12-19)17-25-23(24-2)26-15-13-21(14-16-26)29-20-7-5-4-6-8-20/h4-12,21H,3,13-17H2,1-2H3,(H,24,25). The Balaban J connectivity index is 1.46. The van der Waals surface area contributed by atoms with Crippen molar-refractivity contribution in [2.75, 3.05) is 26.7 Å². The number of guanidine groups is 1. The van der Waals surface area contributed by atoms with Gasteiger partial charge in [0, 0.05) is 39.5 Å². The molecule has 154 valence electrons. The molecule has 6 nitrogen and oxygen atoms in total. The molecule has 1 aliphatic rings. The molecule has 0 unspecified atom stereocenters. The van der Waals surface area contributed by atoms with Crippen LogP contribution in [0.1, 0.15) is 35.7 Å². The third-order valence-corrected chi connectivity index (χ3v) is 4.91. The smallest absolute Gasteiger partial charge is 0.338 e. The molecule has 1 saturated heterocycles. The predicted octanol–water partition coefficient (Wildman–Crippen LogP) is 3.48. The molecule has 3 rings (SSSR count). The molecule has 1 fully saturated rings. The molecule has 0 aromatic heterocycles. The largest absolute Gasteiger partial charge is 0.490 e. The van der Waals surface area contributed by atoms with Crippen molar-refractivity contribution in [1.29, 1.82) is 0 Å². The maximum Gasteiger partial charge on any atom is 0.338 e. The highest BCUT2D eigenvalue weighted by Crippen LogP contribution is 2.18.